The molecule has 2 aromatic rings. The predicted octanol–water partition coefficient (Wildman–Crippen LogP) is 0.641. The van der Waals surface area contributed by atoms with Crippen molar-refractivity contribution in [3.05, 3.63) is 52.0 Å². The molecule has 0 fully saturated rings. The highest BCUT2D eigenvalue weighted by atomic mass is 19.1. The number of aromatic nitrogens is 3. The summed E-state index contributed by atoms with van der Waals surface area (Å²) in [5.41, 5.74) is -0.0944. The highest BCUT2D eigenvalue weighted by Crippen LogP contribution is 2.12. The molecule has 1 heterocycles. The SMILES string of the molecule is Cn1cnn(Cc2cccc(C#N)c2F)c1=O. The van der Waals surface area contributed by atoms with E-state index in [2.05, 4.69) is 5.10 Å². The number of aryl methyl sites for hydroxylation is 1. The van der Waals surface area contributed by atoms with E-state index in [1.165, 1.54) is 23.0 Å². The molecule has 86 valence electrons. The van der Waals surface area contributed by atoms with Crippen molar-refractivity contribution >= 4 is 0 Å². The quantitative estimate of drug-likeness (QED) is 0.763. The monoisotopic (exact) mass is 232 g/mol. The highest BCUT2D eigenvalue weighted by molar-refractivity contribution is 5.34. The Bertz CT molecular complexity index is 650. The van der Waals surface area contributed by atoms with Gasteiger partial charge in [-0.25, -0.2) is 13.9 Å². The van der Waals surface area contributed by atoms with Gasteiger partial charge in [0.15, 0.2) is 0 Å². The second-order valence-electron chi connectivity index (χ2n) is 3.57. The summed E-state index contributed by atoms with van der Waals surface area (Å²) in [5.74, 6) is -0.604. The number of rotatable bonds is 2. The van der Waals surface area contributed by atoms with E-state index in [9.17, 15) is 9.18 Å². The molecule has 6 heteroatoms. The smallest absolute Gasteiger partial charge is 0.285 e. The van der Waals surface area contributed by atoms with Crippen LogP contribution in [0.1, 0.15) is 11.1 Å². The van der Waals surface area contributed by atoms with Crippen LogP contribution in [-0.2, 0) is 13.6 Å². The van der Waals surface area contributed by atoms with E-state index in [4.69, 9.17) is 5.26 Å². The Kier molecular flexibility index (Phi) is 2.75. The van der Waals surface area contributed by atoms with Crippen LogP contribution in [0.3, 0.4) is 0 Å². The molecule has 0 spiro atoms. The Morgan fingerprint density at radius 1 is 1.53 bits per heavy atom. The van der Waals surface area contributed by atoms with Crippen molar-refractivity contribution < 1.29 is 4.39 Å². The van der Waals surface area contributed by atoms with Crippen LogP contribution in [0.2, 0.25) is 0 Å². The van der Waals surface area contributed by atoms with Crippen molar-refractivity contribution in [1.82, 2.24) is 14.3 Å². The van der Waals surface area contributed by atoms with Gasteiger partial charge in [0.1, 0.15) is 18.2 Å². The maximum Gasteiger partial charge on any atom is 0.345 e. The molecular formula is C11H9FN4O. The molecule has 0 bridgehead atoms. The van der Waals surface area contributed by atoms with E-state index in [1.54, 1.807) is 19.2 Å². The van der Waals surface area contributed by atoms with E-state index in [0.29, 0.717) is 0 Å². The number of nitriles is 1. The summed E-state index contributed by atoms with van der Waals surface area (Å²) in [5, 5.41) is 12.5. The predicted molar refractivity (Wildman–Crippen MR) is 57.7 cm³/mol. The molecule has 17 heavy (non-hydrogen) atoms. The van der Waals surface area contributed by atoms with E-state index in [-0.39, 0.29) is 23.4 Å². The molecule has 0 N–H and O–H groups in total. The maximum absolute atomic E-state index is 13.7. The van der Waals surface area contributed by atoms with Crippen molar-refractivity contribution in [2.45, 2.75) is 6.54 Å². The van der Waals surface area contributed by atoms with Gasteiger partial charge in [0.05, 0.1) is 12.1 Å². The van der Waals surface area contributed by atoms with E-state index in [0.717, 1.165) is 4.68 Å². The van der Waals surface area contributed by atoms with Crippen LogP contribution in [0.15, 0.2) is 29.3 Å². The minimum atomic E-state index is -0.604. The number of hydrogen-bond donors (Lipinski definition) is 0. The molecule has 1 aromatic carbocycles. The molecular weight excluding hydrogens is 223 g/mol. The van der Waals surface area contributed by atoms with Gasteiger partial charge in [0, 0.05) is 12.6 Å². The normalized spacial score (nSPS) is 10.2. The summed E-state index contributed by atoms with van der Waals surface area (Å²) in [6.45, 7) is 0.0149. The summed E-state index contributed by atoms with van der Waals surface area (Å²) in [4.78, 5) is 11.5. The maximum atomic E-state index is 13.7. The van der Waals surface area contributed by atoms with Crippen molar-refractivity contribution in [3.63, 3.8) is 0 Å². The van der Waals surface area contributed by atoms with Gasteiger partial charge in [-0.3, -0.25) is 4.57 Å². The van der Waals surface area contributed by atoms with Crippen LogP contribution in [0.4, 0.5) is 4.39 Å². The molecule has 0 saturated carbocycles. The van der Waals surface area contributed by atoms with Crippen LogP contribution in [0.25, 0.3) is 0 Å². The Labute approximate surface area is 96.3 Å². The summed E-state index contributed by atoms with van der Waals surface area (Å²) in [7, 11) is 1.56. The third kappa shape index (κ3) is 1.95. The second kappa shape index (κ2) is 4.22. The van der Waals surface area contributed by atoms with Gasteiger partial charge in [-0.1, -0.05) is 12.1 Å². The fraction of sp³-hybridized carbons (Fsp3) is 0.182. The molecule has 0 aliphatic rings. The van der Waals surface area contributed by atoms with Crippen LogP contribution in [0, 0.1) is 17.1 Å². The Morgan fingerprint density at radius 2 is 2.29 bits per heavy atom. The minimum Gasteiger partial charge on any atom is -0.285 e. The summed E-state index contributed by atoms with van der Waals surface area (Å²) < 4.78 is 16.2. The third-order valence-electron chi connectivity index (χ3n) is 2.41. The number of benzene rings is 1. The van der Waals surface area contributed by atoms with Gasteiger partial charge in [0.2, 0.25) is 0 Å². The van der Waals surface area contributed by atoms with Gasteiger partial charge >= 0.3 is 5.69 Å². The van der Waals surface area contributed by atoms with E-state index >= 15 is 0 Å². The zero-order chi connectivity index (χ0) is 12.4. The van der Waals surface area contributed by atoms with Crippen molar-refractivity contribution in [3.8, 4) is 6.07 Å². The molecule has 2 rings (SSSR count). The largest absolute Gasteiger partial charge is 0.345 e. The zero-order valence-electron chi connectivity index (χ0n) is 9.09. The molecule has 0 amide bonds. The lowest BCUT2D eigenvalue weighted by Gasteiger charge is -2.03. The number of nitrogens with zero attached hydrogens (tertiary/aromatic N) is 4. The van der Waals surface area contributed by atoms with E-state index in [1.807, 2.05) is 0 Å². The average molecular weight is 232 g/mol. The van der Waals surface area contributed by atoms with Crippen molar-refractivity contribution in [2.24, 2.45) is 7.05 Å². The molecule has 0 unspecified atom stereocenters. The van der Waals surface area contributed by atoms with Gasteiger partial charge in [-0.05, 0) is 6.07 Å². The Balaban J connectivity index is 2.41. The number of halogens is 1. The lowest BCUT2D eigenvalue weighted by molar-refractivity contribution is 0.572. The molecule has 0 aliphatic heterocycles. The summed E-state index contributed by atoms with van der Waals surface area (Å²) >= 11 is 0. The van der Waals surface area contributed by atoms with Crippen molar-refractivity contribution in [1.29, 1.82) is 5.26 Å². The zero-order valence-corrected chi connectivity index (χ0v) is 9.09. The van der Waals surface area contributed by atoms with Gasteiger partial charge in [-0.2, -0.15) is 10.4 Å². The van der Waals surface area contributed by atoms with Gasteiger partial charge < -0.3 is 0 Å². The fourth-order valence-electron chi connectivity index (χ4n) is 1.48. The lowest BCUT2D eigenvalue weighted by Crippen LogP contribution is -2.23. The summed E-state index contributed by atoms with van der Waals surface area (Å²) in [6.07, 6.45) is 1.36. The average Bonchev–Trinajstić information content (AvgIpc) is 2.64. The van der Waals surface area contributed by atoms with Crippen molar-refractivity contribution in [2.75, 3.05) is 0 Å². The fourth-order valence-corrected chi connectivity index (χ4v) is 1.48. The first kappa shape index (κ1) is 11.1. The molecule has 0 radical (unpaired) electrons. The molecule has 5 nitrogen and oxygen atoms in total. The van der Waals surface area contributed by atoms with Gasteiger partial charge in [0.25, 0.3) is 0 Å². The Morgan fingerprint density at radius 3 is 2.88 bits per heavy atom. The topological polar surface area (TPSA) is 63.6 Å². The first-order valence-corrected chi connectivity index (χ1v) is 4.89. The van der Waals surface area contributed by atoms with Crippen LogP contribution in [0.5, 0.6) is 0 Å². The van der Waals surface area contributed by atoms with Crippen LogP contribution >= 0.6 is 0 Å². The number of hydrogen-bond acceptors (Lipinski definition) is 3. The second-order valence-corrected chi connectivity index (χ2v) is 3.57. The lowest BCUT2D eigenvalue weighted by atomic mass is 10.1. The van der Waals surface area contributed by atoms with E-state index < -0.39 is 5.82 Å². The molecule has 0 saturated heterocycles. The standard InChI is InChI=1S/C11H9FN4O/c1-15-7-14-16(11(15)17)6-9-4-2-3-8(5-13)10(9)12/h2-4,7H,6H2,1H3. The van der Waals surface area contributed by atoms with Crippen LogP contribution in [-0.4, -0.2) is 14.3 Å². The Hall–Kier alpha value is -2.42. The molecule has 0 aliphatic carbocycles. The molecule has 0 atom stereocenters. The third-order valence-corrected chi connectivity index (χ3v) is 2.41. The molecule has 1 aromatic heterocycles. The minimum absolute atomic E-state index is 0.0149. The van der Waals surface area contributed by atoms with Gasteiger partial charge in [-0.15, -0.1) is 0 Å². The first-order chi connectivity index (χ1) is 8.13. The summed E-state index contributed by atoms with van der Waals surface area (Å²) in [6, 6.07) is 6.24. The van der Waals surface area contributed by atoms with Crippen LogP contribution < -0.4 is 5.69 Å². The highest BCUT2D eigenvalue weighted by Gasteiger charge is 2.10. The first-order valence-electron chi connectivity index (χ1n) is 4.89.